The first-order valence-electron chi connectivity index (χ1n) is 8.27. The van der Waals surface area contributed by atoms with Crippen LogP contribution in [0.3, 0.4) is 0 Å². The molecule has 4 heteroatoms. The SMILES string of the molecule is CCCOc1ccc(C=NCc2ccccc2CN(C)C)c(O)c1. The van der Waals surface area contributed by atoms with Gasteiger partial charge in [-0.25, -0.2) is 0 Å². The fourth-order valence-electron chi connectivity index (χ4n) is 2.39. The topological polar surface area (TPSA) is 45.1 Å². The van der Waals surface area contributed by atoms with Crippen molar-refractivity contribution in [2.24, 2.45) is 4.99 Å². The molecule has 0 heterocycles. The van der Waals surface area contributed by atoms with Crippen molar-refractivity contribution in [3.05, 3.63) is 59.2 Å². The number of aliphatic imine (C=N–C) groups is 1. The van der Waals surface area contributed by atoms with Gasteiger partial charge in [-0.15, -0.1) is 0 Å². The van der Waals surface area contributed by atoms with E-state index in [2.05, 4.69) is 43.0 Å². The smallest absolute Gasteiger partial charge is 0.128 e. The van der Waals surface area contributed by atoms with Crippen molar-refractivity contribution in [2.45, 2.75) is 26.4 Å². The maximum Gasteiger partial charge on any atom is 0.128 e. The van der Waals surface area contributed by atoms with Crippen LogP contribution in [0.15, 0.2) is 47.5 Å². The highest BCUT2D eigenvalue weighted by atomic mass is 16.5. The highest BCUT2D eigenvalue weighted by Crippen LogP contribution is 2.22. The molecule has 0 saturated heterocycles. The third-order valence-electron chi connectivity index (χ3n) is 3.57. The molecule has 24 heavy (non-hydrogen) atoms. The molecule has 0 saturated carbocycles. The van der Waals surface area contributed by atoms with E-state index in [1.54, 1.807) is 12.3 Å². The van der Waals surface area contributed by atoms with Crippen LogP contribution in [0.4, 0.5) is 0 Å². The summed E-state index contributed by atoms with van der Waals surface area (Å²) in [5.41, 5.74) is 3.17. The molecule has 0 fully saturated rings. The standard InChI is InChI=1S/C20H26N2O2/c1-4-11-24-19-10-9-17(20(23)12-19)14-21-13-16-7-5-6-8-18(16)15-22(2)3/h5-10,12,14,23H,4,11,13,15H2,1-3H3. The molecule has 2 aromatic rings. The summed E-state index contributed by atoms with van der Waals surface area (Å²) in [6, 6.07) is 13.6. The molecule has 2 rings (SSSR count). The van der Waals surface area contributed by atoms with E-state index in [-0.39, 0.29) is 5.75 Å². The Hall–Kier alpha value is -2.33. The van der Waals surface area contributed by atoms with Gasteiger partial charge in [0.15, 0.2) is 0 Å². The maximum atomic E-state index is 10.1. The van der Waals surface area contributed by atoms with Gasteiger partial charge in [0.2, 0.25) is 0 Å². The van der Waals surface area contributed by atoms with Crippen LogP contribution in [0.1, 0.15) is 30.0 Å². The fourth-order valence-corrected chi connectivity index (χ4v) is 2.39. The van der Waals surface area contributed by atoms with Crippen molar-refractivity contribution in [1.29, 1.82) is 0 Å². The number of phenolic OH excluding ortho intramolecular Hbond substituents is 1. The number of rotatable bonds is 8. The van der Waals surface area contributed by atoms with Gasteiger partial charge in [-0.05, 0) is 43.8 Å². The van der Waals surface area contributed by atoms with E-state index in [9.17, 15) is 5.11 Å². The van der Waals surface area contributed by atoms with Gasteiger partial charge >= 0.3 is 0 Å². The summed E-state index contributed by atoms with van der Waals surface area (Å²) in [6.07, 6.45) is 2.65. The largest absolute Gasteiger partial charge is 0.507 e. The highest BCUT2D eigenvalue weighted by molar-refractivity contribution is 5.83. The Morgan fingerprint density at radius 3 is 2.54 bits per heavy atom. The third-order valence-corrected chi connectivity index (χ3v) is 3.57. The molecule has 0 aliphatic heterocycles. The zero-order valence-electron chi connectivity index (χ0n) is 14.7. The molecule has 0 aliphatic carbocycles. The zero-order chi connectivity index (χ0) is 17.4. The van der Waals surface area contributed by atoms with E-state index in [1.165, 1.54) is 11.1 Å². The van der Waals surface area contributed by atoms with Crippen LogP contribution in [0.2, 0.25) is 0 Å². The number of hydrogen-bond acceptors (Lipinski definition) is 4. The molecule has 0 amide bonds. The molecule has 0 radical (unpaired) electrons. The molecule has 0 unspecified atom stereocenters. The Kier molecular flexibility index (Phi) is 6.82. The van der Waals surface area contributed by atoms with E-state index in [0.29, 0.717) is 24.5 Å². The van der Waals surface area contributed by atoms with Crippen molar-refractivity contribution >= 4 is 6.21 Å². The first-order valence-corrected chi connectivity index (χ1v) is 8.27. The zero-order valence-corrected chi connectivity index (χ0v) is 14.7. The number of aromatic hydroxyl groups is 1. The third kappa shape index (κ3) is 5.39. The van der Waals surface area contributed by atoms with Gasteiger partial charge in [0.1, 0.15) is 11.5 Å². The van der Waals surface area contributed by atoms with Crippen LogP contribution < -0.4 is 4.74 Å². The first-order chi connectivity index (χ1) is 11.6. The van der Waals surface area contributed by atoms with Crippen LogP contribution >= 0.6 is 0 Å². The van der Waals surface area contributed by atoms with Gasteiger partial charge in [-0.1, -0.05) is 31.2 Å². The van der Waals surface area contributed by atoms with E-state index < -0.39 is 0 Å². The van der Waals surface area contributed by atoms with Crippen LogP contribution in [0.5, 0.6) is 11.5 Å². The van der Waals surface area contributed by atoms with Crippen molar-refractivity contribution in [1.82, 2.24) is 4.90 Å². The van der Waals surface area contributed by atoms with Gasteiger partial charge in [0, 0.05) is 24.4 Å². The lowest BCUT2D eigenvalue weighted by Crippen LogP contribution is -2.12. The van der Waals surface area contributed by atoms with Crippen LogP contribution in [-0.4, -0.2) is 36.9 Å². The first kappa shape index (κ1) is 18.0. The summed E-state index contributed by atoms with van der Waals surface area (Å²) in [5, 5.41) is 10.1. The predicted molar refractivity (Wildman–Crippen MR) is 99.0 cm³/mol. The number of phenols is 1. The van der Waals surface area contributed by atoms with Gasteiger partial charge in [-0.2, -0.15) is 0 Å². The number of hydrogen-bond donors (Lipinski definition) is 1. The van der Waals surface area contributed by atoms with Crippen LogP contribution in [0, 0.1) is 0 Å². The summed E-state index contributed by atoms with van der Waals surface area (Å²) < 4.78 is 5.51. The Bertz CT molecular complexity index is 681. The van der Waals surface area contributed by atoms with Crippen molar-refractivity contribution in [2.75, 3.05) is 20.7 Å². The Balaban J connectivity index is 2.04. The summed E-state index contributed by atoms with van der Waals surface area (Å²) in [4.78, 5) is 6.63. The highest BCUT2D eigenvalue weighted by Gasteiger charge is 2.03. The minimum absolute atomic E-state index is 0.189. The minimum Gasteiger partial charge on any atom is -0.507 e. The monoisotopic (exact) mass is 326 g/mol. The van der Waals surface area contributed by atoms with E-state index >= 15 is 0 Å². The summed E-state index contributed by atoms with van der Waals surface area (Å²) in [7, 11) is 4.11. The molecular formula is C20H26N2O2. The van der Waals surface area contributed by atoms with Crippen molar-refractivity contribution < 1.29 is 9.84 Å². The lowest BCUT2D eigenvalue weighted by atomic mass is 10.1. The van der Waals surface area contributed by atoms with Gasteiger partial charge in [0.25, 0.3) is 0 Å². The molecule has 0 atom stereocenters. The molecule has 4 nitrogen and oxygen atoms in total. The maximum absolute atomic E-state index is 10.1. The van der Waals surface area contributed by atoms with E-state index in [4.69, 9.17) is 4.74 Å². The van der Waals surface area contributed by atoms with Gasteiger partial charge in [-0.3, -0.25) is 4.99 Å². The number of benzene rings is 2. The molecule has 2 aromatic carbocycles. The second-order valence-corrected chi connectivity index (χ2v) is 6.05. The average Bonchev–Trinajstić information content (AvgIpc) is 2.55. The average molecular weight is 326 g/mol. The van der Waals surface area contributed by atoms with Crippen LogP contribution in [-0.2, 0) is 13.1 Å². The molecule has 0 aliphatic rings. The molecule has 0 bridgehead atoms. The normalized spacial score (nSPS) is 11.3. The Labute approximate surface area is 144 Å². The molecule has 0 spiro atoms. The Morgan fingerprint density at radius 1 is 1.12 bits per heavy atom. The predicted octanol–water partition coefficient (Wildman–Crippen LogP) is 3.86. The van der Waals surface area contributed by atoms with Gasteiger partial charge < -0.3 is 14.7 Å². The second kappa shape index (κ2) is 9.08. The molecule has 1 N–H and O–H groups in total. The lowest BCUT2D eigenvalue weighted by Gasteiger charge is -2.12. The quantitative estimate of drug-likeness (QED) is 0.749. The Morgan fingerprint density at radius 2 is 1.88 bits per heavy atom. The van der Waals surface area contributed by atoms with Crippen molar-refractivity contribution in [3.63, 3.8) is 0 Å². The van der Waals surface area contributed by atoms with E-state index in [0.717, 1.165) is 13.0 Å². The van der Waals surface area contributed by atoms with Crippen molar-refractivity contribution in [3.8, 4) is 11.5 Å². The fraction of sp³-hybridized carbons (Fsp3) is 0.350. The summed E-state index contributed by atoms with van der Waals surface area (Å²) in [6.45, 7) is 4.18. The molecule has 0 aromatic heterocycles. The second-order valence-electron chi connectivity index (χ2n) is 6.05. The lowest BCUT2D eigenvalue weighted by molar-refractivity contribution is 0.315. The van der Waals surface area contributed by atoms with E-state index in [1.807, 2.05) is 24.3 Å². The minimum atomic E-state index is 0.189. The number of nitrogens with zero attached hydrogens (tertiary/aromatic N) is 2. The van der Waals surface area contributed by atoms with Gasteiger partial charge in [0.05, 0.1) is 13.2 Å². The molecular weight excluding hydrogens is 300 g/mol. The summed E-state index contributed by atoms with van der Waals surface area (Å²) >= 11 is 0. The molecule has 128 valence electrons. The number of ether oxygens (including phenoxy) is 1. The van der Waals surface area contributed by atoms with Crippen LogP contribution in [0.25, 0.3) is 0 Å². The summed E-state index contributed by atoms with van der Waals surface area (Å²) in [5.74, 6) is 0.872.